The Morgan fingerprint density at radius 2 is 2.73 bits per heavy atom. The van der Waals surface area contributed by atoms with Crippen molar-refractivity contribution in [1.82, 2.24) is 4.98 Å². The Balaban J connectivity index is 0.000000921. The molecular formula is C7H8ClNO2. The third-order valence-electron chi connectivity index (χ3n) is 0.895. The highest BCUT2D eigenvalue weighted by Crippen LogP contribution is 1.93. The standard InChI is InChI=1S/C7H7NO2.ClH/c9-7(10)5-6-3-1-2-4-8-6;/h1-4H,5H2,(H,9,10);1H/i5D2;/hD2. The van der Waals surface area contributed by atoms with E-state index in [2.05, 4.69) is 22.4 Å². The summed E-state index contributed by atoms with van der Waals surface area (Å²) in [5.74, 6) is -1.27. The number of pyridine rings is 1. The molecule has 0 aromatic carbocycles. The molecule has 0 aliphatic carbocycles. The van der Waals surface area contributed by atoms with Gasteiger partial charge in [-0.2, -0.15) is 0 Å². The molecule has 0 amide bonds. The summed E-state index contributed by atoms with van der Waals surface area (Å²) < 4.78 is 26.1. The predicted molar refractivity (Wildman–Crippen MR) is 42.8 cm³/mol. The van der Waals surface area contributed by atoms with E-state index in [1.165, 1.54) is 12.3 Å². The monoisotopic (exact) mass is 177 g/mol. The number of carboxylic acids is 1. The average Bonchev–Trinajstić information content (AvgIpc) is 2.31. The Morgan fingerprint density at radius 3 is 3.27 bits per heavy atom. The fourth-order valence-corrected chi connectivity index (χ4v) is 0.541. The number of carboxylic acid groups (broad SMARTS) is 1. The normalized spacial score (nSPS) is 13.9. The predicted octanol–water partition coefficient (Wildman–Crippen LogP) is 1.13. The zero-order chi connectivity index (χ0) is 11.9. The minimum absolute atomic E-state index is 0.0627. The maximum Gasteiger partial charge on any atom is 0.309 e. The molecule has 3 nitrogen and oxygen atoms in total. The van der Waals surface area contributed by atoms with Crippen molar-refractivity contribution < 1.29 is 12.6 Å². The van der Waals surface area contributed by atoms with Gasteiger partial charge in [-0.15, -0.1) is 12.3 Å². The van der Waals surface area contributed by atoms with Crippen molar-refractivity contribution in [3.63, 3.8) is 0 Å². The van der Waals surface area contributed by atoms with E-state index in [1.54, 1.807) is 12.1 Å². The topological polar surface area (TPSA) is 50.2 Å². The Morgan fingerprint density at radius 1 is 1.91 bits per heavy atom. The number of carbonyl (C=O) groups is 1. The van der Waals surface area contributed by atoms with Crippen molar-refractivity contribution in [1.29, 1.82) is 2.60 Å². The molecule has 0 aliphatic rings. The number of nitrogens with zero attached hydrogens (tertiary/aromatic N) is 1. The number of halogens is 1. The van der Waals surface area contributed by atoms with Gasteiger partial charge in [-0.25, -0.2) is 0 Å². The fraction of sp³-hybridized carbons (Fsp3) is 0.143. The second kappa shape index (κ2) is 4.68. The summed E-state index contributed by atoms with van der Waals surface area (Å²) in [5, 5.41) is 3.57. The maximum atomic E-state index is 10.8. The van der Waals surface area contributed by atoms with Crippen LogP contribution in [0.25, 0.3) is 1.43 Å². The maximum absolute atomic E-state index is 10.8. The summed E-state index contributed by atoms with van der Waals surface area (Å²) in [6.45, 7) is 0. The molecule has 1 rings (SSSR count). The van der Waals surface area contributed by atoms with E-state index in [-0.39, 0.29) is 5.69 Å². The van der Waals surface area contributed by atoms with Crippen LogP contribution in [-0.2, 0) is 11.2 Å². The van der Waals surface area contributed by atoms with Crippen LogP contribution >= 0.6 is 12.3 Å². The molecule has 0 saturated heterocycles. The summed E-state index contributed by atoms with van der Waals surface area (Å²) in [4.78, 5) is 14.5. The first kappa shape index (κ1) is 4.72. The Labute approximate surface area is 75.9 Å². The Kier molecular flexibility index (Phi) is 2.01. The molecular weight excluding hydrogens is 166 g/mol. The molecule has 0 bridgehead atoms. The minimum atomic E-state index is -2.36. The van der Waals surface area contributed by atoms with Crippen molar-refractivity contribution in [2.75, 3.05) is 0 Å². The summed E-state index contributed by atoms with van der Waals surface area (Å²) >= 11 is 3.89. The molecule has 0 fully saturated rings. The molecule has 0 atom stereocenters. The molecule has 0 saturated carbocycles. The first-order chi connectivity index (χ1) is 7.09. The van der Waals surface area contributed by atoms with E-state index in [4.69, 9.17) is 5.35 Å². The van der Waals surface area contributed by atoms with Gasteiger partial charge in [-0.3, -0.25) is 9.78 Å². The summed E-state index contributed by atoms with van der Waals surface area (Å²) in [7, 11) is 0. The lowest BCUT2D eigenvalue weighted by Crippen LogP contribution is -2.01. The van der Waals surface area contributed by atoms with Gasteiger partial charge in [0.15, 0.2) is 0 Å². The second-order valence-electron chi connectivity index (χ2n) is 1.63. The van der Waals surface area contributed by atoms with Crippen LogP contribution in [0.5, 0.6) is 0 Å². The van der Waals surface area contributed by atoms with E-state index in [0.29, 0.717) is 0 Å². The molecule has 60 valence electrons. The number of aliphatic carboxylic acids is 1. The van der Waals surface area contributed by atoms with E-state index in [1.807, 2.05) is 0 Å². The molecule has 0 unspecified atom stereocenters. The first-order valence-electron chi connectivity index (χ1n) is 4.46. The van der Waals surface area contributed by atoms with Crippen molar-refractivity contribution in [2.45, 2.75) is 6.37 Å². The van der Waals surface area contributed by atoms with Crippen LogP contribution in [0.2, 0.25) is 0 Å². The van der Waals surface area contributed by atoms with Crippen LogP contribution in [0, 0.1) is 0 Å². The van der Waals surface area contributed by atoms with Gasteiger partial charge >= 0.3 is 5.97 Å². The zero-order valence-electron chi connectivity index (χ0n) is 9.45. The van der Waals surface area contributed by atoms with Gasteiger partial charge in [-0.05, 0) is 12.1 Å². The van der Waals surface area contributed by atoms with Crippen molar-refractivity contribution in [2.24, 2.45) is 0 Å². The van der Waals surface area contributed by atoms with Gasteiger partial charge in [0.1, 0.15) is 1.17 Å². The number of rotatable bonds is 2. The summed E-state index contributed by atoms with van der Waals surface area (Å²) in [6.07, 6.45) is -0.993. The lowest BCUT2D eigenvalue weighted by molar-refractivity contribution is -0.136. The van der Waals surface area contributed by atoms with Crippen LogP contribution in [0.1, 0.15) is 8.44 Å². The van der Waals surface area contributed by atoms with Gasteiger partial charge in [0.25, 0.3) is 1.43 Å². The quantitative estimate of drug-likeness (QED) is 0.737. The van der Waals surface area contributed by atoms with E-state index < -0.39 is 12.3 Å². The average molecular weight is 178 g/mol. The smallest absolute Gasteiger partial charge is 0.309 e. The van der Waals surface area contributed by atoms with Crippen molar-refractivity contribution >= 4 is 18.3 Å². The second-order valence-corrected chi connectivity index (χ2v) is 1.63. The van der Waals surface area contributed by atoms with Crippen LogP contribution in [0.15, 0.2) is 24.4 Å². The third-order valence-corrected chi connectivity index (χ3v) is 0.895. The SMILES string of the molecule is [2H]Cl.[2H]OC(=O)C([2H])([2H])c1ccccn1. The highest BCUT2D eigenvalue weighted by molar-refractivity contribution is 5.85. The zero-order valence-corrected chi connectivity index (χ0v) is 6.21. The Hall–Kier alpha value is -1.09. The summed E-state index contributed by atoms with van der Waals surface area (Å²) in [6, 6.07) is 4.51. The molecule has 0 aliphatic heterocycles. The van der Waals surface area contributed by atoms with E-state index in [0.717, 1.165) is 0 Å². The first-order valence-corrected chi connectivity index (χ1v) is 2.68. The van der Waals surface area contributed by atoms with Crippen LogP contribution in [0.4, 0.5) is 0 Å². The molecule has 1 aromatic heterocycles. The van der Waals surface area contributed by atoms with Crippen molar-refractivity contribution in [3.05, 3.63) is 30.1 Å². The highest BCUT2D eigenvalue weighted by atomic mass is 35.5. The molecule has 0 spiro atoms. The van der Waals surface area contributed by atoms with Gasteiger partial charge in [0, 0.05) is 8.94 Å². The highest BCUT2D eigenvalue weighted by Gasteiger charge is 1.98. The summed E-state index contributed by atoms with van der Waals surface area (Å²) in [5.41, 5.74) is -0.0627. The van der Waals surface area contributed by atoms with Crippen LogP contribution in [-0.4, -0.2) is 17.2 Å². The largest absolute Gasteiger partial charge is 0.481 e. The van der Waals surface area contributed by atoms with Gasteiger partial charge in [0.2, 0.25) is 0 Å². The Bertz CT molecular complexity index is 309. The van der Waals surface area contributed by atoms with Crippen molar-refractivity contribution in [3.8, 4) is 0 Å². The van der Waals surface area contributed by atoms with Crippen LogP contribution < -0.4 is 0 Å². The number of hydrogen-bond acceptors (Lipinski definition) is 3. The van der Waals surface area contributed by atoms with E-state index in [9.17, 15) is 4.79 Å². The molecule has 11 heavy (non-hydrogen) atoms. The lowest BCUT2D eigenvalue weighted by atomic mass is 10.3. The lowest BCUT2D eigenvalue weighted by Gasteiger charge is -1.91. The minimum Gasteiger partial charge on any atom is -0.481 e. The third kappa shape index (κ3) is 3.57. The van der Waals surface area contributed by atoms with Gasteiger partial charge in [0.05, 0.1) is 12.1 Å². The van der Waals surface area contributed by atoms with Gasteiger partial charge < -0.3 is 5.11 Å². The number of hydrogen-bond donors (Lipinski definition) is 1. The molecule has 0 radical (unpaired) electrons. The van der Waals surface area contributed by atoms with Gasteiger partial charge in [-0.1, -0.05) is 6.07 Å². The van der Waals surface area contributed by atoms with E-state index >= 15 is 0 Å². The molecule has 4 heteroatoms. The molecule has 1 N–H and O–H groups in total. The molecule has 1 heterocycles. The number of aromatic nitrogens is 1. The molecule has 1 aromatic rings. The fourth-order valence-electron chi connectivity index (χ4n) is 0.541. The van der Waals surface area contributed by atoms with Crippen LogP contribution in [0.3, 0.4) is 0 Å².